The third-order valence-electron chi connectivity index (χ3n) is 4.84. The fraction of sp³-hybridized carbons (Fsp3) is 0.130. The summed E-state index contributed by atoms with van der Waals surface area (Å²) < 4.78 is 28.0. The number of para-hydroxylation sites is 3. The third-order valence-corrected chi connectivity index (χ3v) is 7.65. The minimum absolute atomic E-state index is 0.0647. The molecular weight excluding hydrogens is 430 g/mol. The van der Waals surface area contributed by atoms with Gasteiger partial charge in [-0.15, -0.1) is 3.97 Å². The normalized spacial score (nSPS) is 11.5. The number of fused-ring (bicyclic) bond motifs is 1. The largest absolute Gasteiger partial charge is 0.336 e. The second-order valence-corrected chi connectivity index (χ2v) is 9.63. The maximum atomic E-state index is 13.4. The Morgan fingerprint density at radius 1 is 0.968 bits per heavy atom. The van der Waals surface area contributed by atoms with Gasteiger partial charge in [0, 0.05) is 5.69 Å². The van der Waals surface area contributed by atoms with Crippen LogP contribution in [0.15, 0.2) is 88.9 Å². The number of carbonyl (C=O) groups is 1. The molecule has 0 aliphatic rings. The van der Waals surface area contributed by atoms with Crippen molar-refractivity contribution in [2.75, 3.05) is 11.1 Å². The predicted octanol–water partition coefficient (Wildman–Crippen LogP) is 3.99. The lowest BCUT2D eigenvalue weighted by Crippen LogP contribution is -2.44. The Hall–Kier alpha value is -3.10. The minimum Gasteiger partial charge on any atom is -0.325 e. The van der Waals surface area contributed by atoms with E-state index in [1.807, 2.05) is 43.3 Å². The molecule has 6 nitrogen and oxygen atoms in total. The summed E-state index contributed by atoms with van der Waals surface area (Å²) in [5.74, 6) is -0.136. The lowest BCUT2D eigenvalue weighted by molar-refractivity contribution is -0.526. The molecule has 4 rings (SSSR count). The Bertz CT molecular complexity index is 1330. The van der Waals surface area contributed by atoms with E-state index in [1.54, 1.807) is 42.5 Å². The highest BCUT2D eigenvalue weighted by Crippen LogP contribution is 2.22. The van der Waals surface area contributed by atoms with Gasteiger partial charge in [-0.05, 0) is 54.1 Å². The number of anilines is 1. The molecule has 31 heavy (non-hydrogen) atoms. The zero-order chi connectivity index (χ0) is 21.8. The molecule has 2 N–H and O–H groups in total. The van der Waals surface area contributed by atoms with Gasteiger partial charge in [0.15, 0.2) is 11.0 Å². The molecule has 0 unspecified atom stereocenters. The number of aromatic amines is 1. The van der Waals surface area contributed by atoms with Gasteiger partial charge in [-0.25, -0.2) is 4.98 Å². The number of carbonyl (C=O) groups excluding carboxylic acids is 1. The second-order valence-electron chi connectivity index (χ2n) is 6.88. The van der Waals surface area contributed by atoms with Crippen LogP contribution in [-0.2, 0) is 21.2 Å². The van der Waals surface area contributed by atoms with E-state index in [-0.39, 0.29) is 16.6 Å². The van der Waals surface area contributed by atoms with E-state index in [0.29, 0.717) is 16.2 Å². The number of rotatable bonds is 7. The van der Waals surface area contributed by atoms with Crippen LogP contribution in [0.25, 0.3) is 11.0 Å². The van der Waals surface area contributed by atoms with Crippen LogP contribution in [0.1, 0.15) is 12.5 Å². The van der Waals surface area contributed by atoms with E-state index < -0.39 is 10.0 Å². The van der Waals surface area contributed by atoms with Crippen molar-refractivity contribution in [3.8, 4) is 0 Å². The summed E-state index contributed by atoms with van der Waals surface area (Å²) in [6, 6.07) is 23.1. The molecule has 8 heteroatoms. The molecule has 0 aliphatic carbocycles. The fourth-order valence-electron chi connectivity index (χ4n) is 3.33. The molecule has 0 saturated heterocycles. The summed E-state index contributed by atoms with van der Waals surface area (Å²) in [6.45, 7) is 2.03. The van der Waals surface area contributed by atoms with Crippen molar-refractivity contribution >= 4 is 44.4 Å². The number of H-pyrrole nitrogens is 1. The lowest BCUT2D eigenvalue weighted by Gasteiger charge is -2.09. The number of imidazole rings is 1. The van der Waals surface area contributed by atoms with Gasteiger partial charge in [-0.2, -0.15) is 8.42 Å². The summed E-state index contributed by atoms with van der Waals surface area (Å²) in [7, 11) is -3.84. The van der Waals surface area contributed by atoms with Crippen LogP contribution in [0, 0.1) is 0 Å². The first-order valence-corrected chi connectivity index (χ1v) is 12.3. The van der Waals surface area contributed by atoms with E-state index >= 15 is 0 Å². The number of nitrogens with zero attached hydrogens (tertiary/aromatic N) is 1. The highest BCUT2D eigenvalue weighted by molar-refractivity contribution is 8.00. The highest BCUT2D eigenvalue weighted by atomic mass is 32.2. The van der Waals surface area contributed by atoms with E-state index in [1.165, 1.54) is 3.97 Å². The Kier molecular flexibility index (Phi) is 6.11. The molecule has 0 saturated carbocycles. The summed E-state index contributed by atoms with van der Waals surface area (Å²) in [4.78, 5) is 15.9. The second kappa shape index (κ2) is 8.95. The standard InChI is InChI=1S/C23H21N3O3S2/c1-2-17-10-6-7-13-19(17)24-22(27)16-30-23-25-20-14-8-9-15-21(20)26(23)31(28,29)18-11-4-3-5-12-18/h3-15H,2,16H2,1H3,(H,24,27)/p+1. The van der Waals surface area contributed by atoms with E-state index in [4.69, 9.17) is 0 Å². The first-order valence-electron chi connectivity index (χ1n) is 9.84. The molecule has 0 radical (unpaired) electrons. The quantitative estimate of drug-likeness (QED) is 0.328. The Morgan fingerprint density at radius 2 is 1.65 bits per heavy atom. The summed E-state index contributed by atoms with van der Waals surface area (Å²) >= 11 is 1.15. The topological polar surface area (TPSA) is 82.9 Å². The number of benzene rings is 3. The van der Waals surface area contributed by atoms with E-state index in [2.05, 4.69) is 10.3 Å². The number of hydrogen-bond donors (Lipinski definition) is 2. The molecule has 1 amide bonds. The maximum absolute atomic E-state index is 13.4. The van der Waals surface area contributed by atoms with E-state index in [0.717, 1.165) is 29.4 Å². The molecule has 0 aliphatic heterocycles. The molecular formula is C23H22N3O3S2+. The van der Waals surface area contributed by atoms with Crippen LogP contribution in [-0.4, -0.2) is 25.1 Å². The number of nitrogens with one attached hydrogen (secondary N) is 2. The smallest absolute Gasteiger partial charge is 0.325 e. The van der Waals surface area contributed by atoms with Gasteiger partial charge in [0.2, 0.25) is 5.91 Å². The number of aryl methyl sites for hydroxylation is 1. The third kappa shape index (κ3) is 4.35. The molecule has 3 aromatic carbocycles. The molecule has 1 aromatic heterocycles. The number of hydrogen-bond acceptors (Lipinski definition) is 4. The van der Waals surface area contributed by atoms with Gasteiger partial charge < -0.3 is 5.32 Å². The summed E-state index contributed by atoms with van der Waals surface area (Å²) in [5, 5.41) is 3.30. The highest BCUT2D eigenvalue weighted by Gasteiger charge is 2.31. The van der Waals surface area contributed by atoms with Gasteiger partial charge in [0.1, 0.15) is 4.90 Å². The van der Waals surface area contributed by atoms with Crippen molar-refractivity contribution in [2.45, 2.75) is 23.4 Å². The lowest BCUT2D eigenvalue weighted by atomic mass is 10.1. The Labute approximate surface area is 185 Å². The average Bonchev–Trinajstić information content (AvgIpc) is 3.18. The molecule has 0 bridgehead atoms. The van der Waals surface area contributed by atoms with Gasteiger partial charge >= 0.3 is 15.2 Å². The molecule has 1 heterocycles. The maximum Gasteiger partial charge on any atom is 0.336 e. The van der Waals surface area contributed by atoms with Crippen molar-refractivity contribution in [3.63, 3.8) is 0 Å². The zero-order valence-corrected chi connectivity index (χ0v) is 18.5. The van der Waals surface area contributed by atoms with Crippen LogP contribution in [0.3, 0.4) is 0 Å². The molecule has 0 atom stereocenters. The fourth-order valence-corrected chi connectivity index (χ4v) is 5.92. The van der Waals surface area contributed by atoms with Crippen molar-refractivity contribution in [1.82, 2.24) is 4.98 Å². The molecule has 158 valence electrons. The van der Waals surface area contributed by atoms with Crippen LogP contribution in [0.2, 0.25) is 0 Å². The van der Waals surface area contributed by atoms with Crippen molar-refractivity contribution < 1.29 is 17.2 Å². The molecule has 4 aromatic rings. The Morgan fingerprint density at radius 3 is 2.42 bits per heavy atom. The van der Waals surface area contributed by atoms with Gasteiger partial charge in [-0.3, -0.25) is 4.79 Å². The monoisotopic (exact) mass is 452 g/mol. The van der Waals surface area contributed by atoms with Gasteiger partial charge in [-0.1, -0.05) is 55.5 Å². The molecule has 0 spiro atoms. The van der Waals surface area contributed by atoms with E-state index in [9.17, 15) is 13.2 Å². The van der Waals surface area contributed by atoms with Crippen molar-refractivity contribution in [1.29, 1.82) is 0 Å². The zero-order valence-electron chi connectivity index (χ0n) is 16.9. The first-order chi connectivity index (χ1) is 15.0. The van der Waals surface area contributed by atoms with Crippen LogP contribution in [0.4, 0.5) is 5.69 Å². The number of aromatic nitrogens is 2. The van der Waals surface area contributed by atoms with Crippen LogP contribution >= 0.6 is 11.8 Å². The summed E-state index contributed by atoms with van der Waals surface area (Å²) in [5.41, 5.74) is 3.04. The van der Waals surface area contributed by atoms with Crippen LogP contribution in [0.5, 0.6) is 0 Å². The minimum atomic E-state index is -3.84. The van der Waals surface area contributed by atoms with Gasteiger partial charge in [0.05, 0.1) is 5.75 Å². The van der Waals surface area contributed by atoms with Crippen LogP contribution < -0.4 is 9.29 Å². The number of amides is 1. The van der Waals surface area contributed by atoms with Crippen molar-refractivity contribution in [2.24, 2.45) is 0 Å². The SMILES string of the molecule is CCc1ccccc1NC(=O)CSc1[nH]c2ccccc2[n+]1S(=O)(=O)c1ccccc1. The van der Waals surface area contributed by atoms with Gasteiger partial charge in [0.25, 0.3) is 0 Å². The predicted molar refractivity (Wildman–Crippen MR) is 123 cm³/mol. The number of thioether (sulfide) groups is 1. The average molecular weight is 453 g/mol. The van der Waals surface area contributed by atoms with Crippen molar-refractivity contribution in [3.05, 3.63) is 84.4 Å². The summed E-state index contributed by atoms with van der Waals surface area (Å²) in [6.07, 6.45) is 0.806. The first kappa shape index (κ1) is 21.1. The Balaban J connectivity index is 1.64. The molecule has 0 fully saturated rings.